The lowest BCUT2D eigenvalue weighted by atomic mass is 9.96. The monoisotopic (exact) mass is 288 g/mol. The van der Waals surface area contributed by atoms with E-state index >= 15 is 0 Å². The Bertz CT molecular complexity index is 491. The summed E-state index contributed by atoms with van der Waals surface area (Å²) < 4.78 is 5.89. The number of nitrogens with one attached hydrogen (secondary N) is 1. The molecule has 4 heteroatoms. The second-order valence-corrected chi connectivity index (χ2v) is 6.11. The molecule has 1 saturated carbocycles. The van der Waals surface area contributed by atoms with Gasteiger partial charge in [-0.2, -0.15) is 5.26 Å². The van der Waals surface area contributed by atoms with Crippen molar-refractivity contribution in [3.05, 3.63) is 29.8 Å². The lowest BCUT2D eigenvalue weighted by molar-refractivity contribution is 0.179. The van der Waals surface area contributed by atoms with Crippen LogP contribution in [0, 0.1) is 11.3 Å². The maximum Gasteiger partial charge on any atom is 0.119 e. The van der Waals surface area contributed by atoms with Crippen LogP contribution in [0.4, 0.5) is 0 Å². The summed E-state index contributed by atoms with van der Waals surface area (Å²) in [5, 5.41) is 21.7. The van der Waals surface area contributed by atoms with Gasteiger partial charge in [0.05, 0.1) is 12.2 Å². The average molecular weight is 288 g/mol. The van der Waals surface area contributed by atoms with Crippen molar-refractivity contribution in [3.8, 4) is 11.8 Å². The van der Waals surface area contributed by atoms with Gasteiger partial charge in [-0.25, -0.2) is 0 Å². The molecule has 0 aromatic heterocycles. The molecule has 2 N–H and O–H groups in total. The highest BCUT2D eigenvalue weighted by Crippen LogP contribution is 2.25. The molecule has 1 aliphatic carbocycles. The van der Waals surface area contributed by atoms with Gasteiger partial charge in [-0.05, 0) is 50.8 Å². The minimum atomic E-state index is -0.530. The normalized spacial score (nSPS) is 18.6. The molecule has 21 heavy (non-hydrogen) atoms. The van der Waals surface area contributed by atoms with E-state index in [-0.39, 0.29) is 12.7 Å². The Kier molecular flexibility index (Phi) is 5.22. The molecule has 1 aliphatic rings. The van der Waals surface area contributed by atoms with Crippen molar-refractivity contribution in [1.29, 1.82) is 5.26 Å². The molecule has 4 nitrogen and oxygen atoms in total. The molecular weight excluding hydrogens is 264 g/mol. The quantitative estimate of drug-likeness (QED) is 0.771. The third-order valence-corrected chi connectivity index (χ3v) is 3.70. The first kappa shape index (κ1) is 15.8. The summed E-state index contributed by atoms with van der Waals surface area (Å²) in [4.78, 5) is 0. The van der Waals surface area contributed by atoms with Crippen molar-refractivity contribution >= 4 is 0 Å². The molecular formula is C17H24N2O2. The molecule has 0 spiro atoms. The van der Waals surface area contributed by atoms with Gasteiger partial charge in [0, 0.05) is 19.1 Å². The van der Waals surface area contributed by atoms with Crippen LogP contribution in [0.15, 0.2) is 24.3 Å². The number of nitrogens with zero attached hydrogens (tertiary/aromatic N) is 1. The maximum absolute atomic E-state index is 9.38. The fourth-order valence-corrected chi connectivity index (χ4v) is 2.53. The SMILES string of the molecule is CC(CC(C)(C#N)NC1CC1)Oc1ccc(CCO)cc1. The minimum Gasteiger partial charge on any atom is -0.491 e. The van der Waals surface area contributed by atoms with Crippen LogP contribution < -0.4 is 10.1 Å². The van der Waals surface area contributed by atoms with E-state index in [2.05, 4.69) is 11.4 Å². The van der Waals surface area contributed by atoms with Crippen LogP contribution >= 0.6 is 0 Å². The van der Waals surface area contributed by atoms with E-state index in [1.54, 1.807) is 0 Å². The molecule has 0 aliphatic heterocycles. The molecule has 1 aromatic carbocycles. The van der Waals surface area contributed by atoms with Crippen LogP contribution in [0.2, 0.25) is 0 Å². The zero-order chi connectivity index (χ0) is 15.3. The maximum atomic E-state index is 9.38. The van der Waals surface area contributed by atoms with Crippen LogP contribution in [0.3, 0.4) is 0 Å². The molecule has 114 valence electrons. The van der Waals surface area contributed by atoms with Crippen LogP contribution in [0.25, 0.3) is 0 Å². The molecule has 2 atom stereocenters. The van der Waals surface area contributed by atoms with E-state index in [4.69, 9.17) is 9.84 Å². The number of benzene rings is 1. The minimum absolute atomic E-state index is 0.0374. The van der Waals surface area contributed by atoms with Gasteiger partial charge in [0.25, 0.3) is 0 Å². The molecule has 1 fully saturated rings. The smallest absolute Gasteiger partial charge is 0.119 e. The Balaban J connectivity index is 1.87. The predicted molar refractivity (Wildman–Crippen MR) is 82.1 cm³/mol. The Labute approximate surface area is 126 Å². The lowest BCUT2D eigenvalue weighted by Gasteiger charge is -2.27. The standard InChI is InChI=1S/C17H24N2O2/c1-13(11-17(2,12-18)19-15-5-6-15)21-16-7-3-14(4-8-16)9-10-20/h3-4,7-8,13,15,19-20H,5-6,9-11H2,1-2H3. The Hall–Kier alpha value is -1.57. The number of hydrogen-bond donors (Lipinski definition) is 2. The first-order valence-electron chi connectivity index (χ1n) is 7.60. The first-order chi connectivity index (χ1) is 10.0. The number of rotatable bonds is 8. The number of nitriles is 1. The summed E-state index contributed by atoms with van der Waals surface area (Å²) in [6, 6.07) is 10.6. The molecule has 2 rings (SSSR count). The summed E-state index contributed by atoms with van der Waals surface area (Å²) in [5.41, 5.74) is 0.562. The van der Waals surface area contributed by atoms with Gasteiger partial charge in [0.1, 0.15) is 11.3 Å². The summed E-state index contributed by atoms with van der Waals surface area (Å²) in [6.07, 6.45) is 3.61. The highest BCUT2D eigenvalue weighted by atomic mass is 16.5. The third kappa shape index (κ3) is 5.04. The summed E-state index contributed by atoms with van der Waals surface area (Å²) in [7, 11) is 0. The summed E-state index contributed by atoms with van der Waals surface area (Å²) in [6.45, 7) is 4.09. The average Bonchev–Trinajstić information content (AvgIpc) is 3.25. The van der Waals surface area contributed by atoms with Gasteiger partial charge in [-0.3, -0.25) is 5.32 Å². The van der Waals surface area contributed by atoms with Crippen LogP contribution in [0.1, 0.15) is 38.7 Å². The topological polar surface area (TPSA) is 65.3 Å². The molecule has 0 amide bonds. The van der Waals surface area contributed by atoms with E-state index in [1.165, 1.54) is 12.8 Å². The highest BCUT2D eigenvalue weighted by molar-refractivity contribution is 5.27. The van der Waals surface area contributed by atoms with Crippen molar-refractivity contribution in [1.82, 2.24) is 5.32 Å². The number of hydrogen-bond acceptors (Lipinski definition) is 4. The zero-order valence-electron chi connectivity index (χ0n) is 12.8. The summed E-state index contributed by atoms with van der Waals surface area (Å²) >= 11 is 0. The fourth-order valence-electron chi connectivity index (χ4n) is 2.53. The van der Waals surface area contributed by atoms with Crippen LogP contribution in [-0.2, 0) is 6.42 Å². The second-order valence-electron chi connectivity index (χ2n) is 6.11. The number of aliphatic hydroxyl groups excluding tert-OH is 1. The van der Waals surface area contributed by atoms with Gasteiger partial charge in [0.2, 0.25) is 0 Å². The Morgan fingerprint density at radius 1 is 1.43 bits per heavy atom. The molecule has 0 heterocycles. The van der Waals surface area contributed by atoms with Gasteiger partial charge in [-0.1, -0.05) is 12.1 Å². The van der Waals surface area contributed by atoms with E-state index in [1.807, 2.05) is 38.1 Å². The van der Waals surface area contributed by atoms with Gasteiger partial charge in [0.15, 0.2) is 0 Å². The Morgan fingerprint density at radius 3 is 2.62 bits per heavy atom. The number of aliphatic hydroxyl groups is 1. The largest absolute Gasteiger partial charge is 0.491 e. The number of ether oxygens (including phenoxy) is 1. The highest BCUT2D eigenvalue weighted by Gasteiger charge is 2.34. The van der Waals surface area contributed by atoms with Crippen LogP contribution in [0.5, 0.6) is 5.75 Å². The zero-order valence-corrected chi connectivity index (χ0v) is 12.8. The van der Waals surface area contributed by atoms with Gasteiger partial charge >= 0.3 is 0 Å². The third-order valence-electron chi connectivity index (χ3n) is 3.70. The van der Waals surface area contributed by atoms with E-state index in [0.717, 1.165) is 11.3 Å². The second kappa shape index (κ2) is 6.93. The van der Waals surface area contributed by atoms with Crippen LogP contribution in [-0.4, -0.2) is 29.4 Å². The molecule has 0 saturated heterocycles. The van der Waals surface area contributed by atoms with Gasteiger partial charge in [-0.15, -0.1) is 0 Å². The summed E-state index contributed by atoms with van der Waals surface area (Å²) in [5.74, 6) is 0.802. The van der Waals surface area contributed by atoms with E-state index < -0.39 is 5.54 Å². The predicted octanol–water partition coefficient (Wildman–Crippen LogP) is 2.41. The fraction of sp³-hybridized carbons (Fsp3) is 0.588. The molecule has 1 aromatic rings. The van der Waals surface area contributed by atoms with Crippen molar-refractivity contribution in [2.75, 3.05) is 6.61 Å². The molecule has 0 radical (unpaired) electrons. The first-order valence-corrected chi connectivity index (χ1v) is 7.60. The van der Waals surface area contributed by atoms with Crippen molar-refractivity contribution in [2.24, 2.45) is 0 Å². The Morgan fingerprint density at radius 2 is 2.10 bits per heavy atom. The van der Waals surface area contributed by atoms with E-state index in [0.29, 0.717) is 18.9 Å². The van der Waals surface area contributed by atoms with E-state index in [9.17, 15) is 5.26 Å². The van der Waals surface area contributed by atoms with Crippen molar-refractivity contribution < 1.29 is 9.84 Å². The van der Waals surface area contributed by atoms with Crippen molar-refractivity contribution in [2.45, 2.75) is 57.2 Å². The molecule has 2 unspecified atom stereocenters. The molecule has 0 bridgehead atoms. The van der Waals surface area contributed by atoms with Crippen molar-refractivity contribution in [3.63, 3.8) is 0 Å². The lowest BCUT2D eigenvalue weighted by Crippen LogP contribution is -2.45. The van der Waals surface area contributed by atoms with Gasteiger partial charge < -0.3 is 9.84 Å².